The molecule has 1 heterocycles. The van der Waals surface area contributed by atoms with Gasteiger partial charge in [0.25, 0.3) is 0 Å². The molecule has 0 aromatic rings. The van der Waals surface area contributed by atoms with Crippen molar-refractivity contribution in [3.63, 3.8) is 0 Å². The fourth-order valence-corrected chi connectivity index (χ4v) is 0.464. The van der Waals surface area contributed by atoms with E-state index in [-0.39, 0.29) is 58.2 Å². The molecule has 0 bridgehead atoms. The van der Waals surface area contributed by atoms with Gasteiger partial charge in [0, 0.05) is 5.71 Å². The molecule has 0 aromatic heterocycles. The summed E-state index contributed by atoms with van der Waals surface area (Å²) in [6, 6.07) is 0. The van der Waals surface area contributed by atoms with Crippen LogP contribution in [-0.2, 0) is 0 Å². The van der Waals surface area contributed by atoms with Gasteiger partial charge in [-0.1, -0.05) is 6.92 Å². The molecule has 0 radical (unpaired) electrons. The summed E-state index contributed by atoms with van der Waals surface area (Å²) in [7, 11) is 0. The molecule has 0 atom stereocenters. The maximum Gasteiger partial charge on any atom is 1.00 e. The molecular formula is C5H7N2Rb. The minimum Gasteiger partial charge on any atom is -0.375 e. The van der Waals surface area contributed by atoms with Crippen molar-refractivity contribution in [1.29, 1.82) is 0 Å². The molecule has 1 aliphatic heterocycles. The first-order valence-corrected chi connectivity index (χ1v) is 2.41. The SMILES string of the molecule is CCC1=NN=[C-]C1.[Rb+]. The second-order valence-electron chi connectivity index (χ2n) is 1.45. The first kappa shape index (κ1) is 9.15. The Labute approximate surface area is 98.2 Å². The van der Waals surface area contributed by atoms with Crippen LogP contribution in [0.2, 0.25) is 0 Å². The monoisotopic (exact) mass is 180 g/mol. The standard InChI is InChI=1S/C5H7N2.Rb/c1-2-5-3-4-6-7-5;/h2-3H2,1H3;/q-1;+1. The summed E-state index contributed by atoms with van der Waals surface area (Å²) < 4.78 is 0. The van der Waals surface area contributed by atoms with E-state index in [2.05, 4.69) is 23.3 Å². The molecule has 0 spiro atoms. The van der Waals surface area contributed by atoms with Crippen molar-refractivity contribution in [2.45, 2.75) is 19.8 Å². The molecule has 0 fully saturated rings. The third-order valence-corrected chi connectivity index (χ3v) is 0.953. The quantitative estimate of drug-likeness (QED) is 0.422. The van der Waals surface area contributed by atoms with E-state index in [1.807, 2.05) is 0 Å². The summed E-state index contributed by atoms with van der Waals surface area (Å²) in [6.07, 6.45) is 4.60. The van der Waals surface area contributed by atoms with Crippen LogP contribution in [0.1, 0.15) is 19.8 Å². The molecule has 3 heteroatoms. The third-order valence-electron chi connectivity index (χ3n) is 0.953. The van der Waals surface area contributed by atoms with E-state index in [0.29, 0.717) is 0 Å². The summed E-state index contributed by atoms with van der Waals surface area (Å²) in [5.41, 5.74) is 1.14. The van der Waals surface area contributed by atoms with Gasteiger partial charge >= 0.3 is 58.2 Å². The van der Waals surface area contributed by atoms with Gasteiger partial charge in [-0.05, 0) is 6.42 Å². The van der Waals surface area contributed by atoms with Crippen molar-refractivity contribution in [2.75, 3.05) is 0 Å². The van der Waals surface area contributed by atoms with Crippen LogP contribution < -0.4 is 58.2 Å². The number of nitrogens with zero attached hydrogens (tertiary/aromatic N) is 2. The molecule has 2 nitrogen and oxygen atoms in total. The van der Waals surface area contributed by atoms with Gasteiger partial charge in [0.15, 0.2) is 0 Å². The largest absolute Gasteiger partial charge is 1.00 e. The topological polar surface area (TPSA) is 24.7 Å². The van der Waals surface area contributed by atoms with Crippen LogP contribution in [0.5, 0.6) is 0 Å². The van der Waals surface area contributed by atoms with E-state index in [4.69, 9.17) is 0 Å². The predicted molar refractivity (Wildman–Crippen MR) is 29.8 cm³/mol. The van der Waals surface area contributed by atoms with Crippen LogP contribution in [0.4, 0.5) is 0 Å². The fraction of sp³-hybridized carbons (Fsp3) is 0.600. The van der Waals surface area contributed by atoms with Crippen LogP contribution in [0, 0.1) is 0 Å². The van der Waals surface area contributed by atoms with Crippen molar-refractivity contribution in [3.8, 4) is 0 Å². The van der Waals surface area contributed by atoms with Gasteiger partial charge < -0.3 is 11.3 Å². The second-order valence-corrected chi connectivity index (χ2v) is 1.45. The van der Waals surface area contributed by atoms with Crippen LogP contribution in [0.3, 0.4) is 0 Å². The van der Waals surface area contributed by atoms with Gasteiger partial charge in [0.05, 0.1) is 0 Å². The Balaban J connectivity index is 0.000000490. The van der Waals surface area contributed by atoms with Crippen LogP contribution in [-0.4, -0.2) is 11.9 Å². The van der Waals surface area contributed by atoms with Gasteiger partial charge in [-0.15, -0.1) is 6.42 Å². The van der Waals surface area contributed by atoms with E-state index in [0.717, 1.165) is 18.6 Å². The Morgan fingerprint density at radius 1 is 1.75 bits per heavy atom. The molecule has 8 heavy (non-hydrogen) atoms. The maximum atomic E-state index is 3.78. The average Bonchev–Trinajstić information content (AvgIpc) is 2.14. The van der Waals surface area contributed by atoms with Gasteiger partial charge in [0.2, 0.25) is 0 Å². The van der Waals surface area contributed by atoms with Crippen LogP contribution in [0.15, 0.2) is 10.2 Å². The zero-order valence-corrected chi connectivity index (χ0v) is 10.2. The maximum absolute atomic E-state index is 3.78. The second kappa shape index (κ2) is 4.97. The van der Waals surface area contributed by atoms with E-state index in [1.54, 1.807) is 0 Å². The Morgan fingerprint density at radius 3 is 2.75 bits per heavy atom. The van der Waals surface area contributed by atoms with Crippen molar-refractivity contribution in [3.05, 3.63) is 0 Å². The van der Waals surface area contributed by atoms with Gasteiger partial charge in [-0.25, -0.2) is 5.10 Å². The summed E-state index contributed by atoms with van der Waals surface area (Å²) in [6.45, 7) is 2.07. The average molecular weight is 181 g/mol. The number of hydrogen-bond donors (Lipinski definition) is 0. The van der Waals surface area contributed by atoms with Crippen molar-refractivity contribution in [1.82, 2.24) is 0 Å². The molecule has 0 amide bonds. The fourth-order valence-electron chi connectivity index (χ4n) is 0.464. The summed E-state index contributed by atoms with van der Waals surface area (Å²) >= 11 is 0. The normalized spacial score (nSPS) is 15.4. The third kappa shape index (κ3) is 2.62. The Morgan fingerprint density at radius 2 is 2.50 bits per heavy atom. The van der Waals surface area contributed by atoms with Crippen LogP contribution >= 0.6 is 0 Å². The summed E-state index contributed by atoms with van der Waals surface area (Å²) in [5, 5.41) is 7.36. The van der Waals surface area contributed by atoms with E-state index in [9.17, 15) is 0 Å². The minimum atomic E-state index is 0. The molecule has 1 rings (SSSR count). The summed E-state index contributed by atoms with van der Waals surface area (Å²) in [5.74, 6) is 0. The van der Waals surface area contributed by atoms with Gasteiger partial charge in [-0.3, -0.25) is 0 Å². The van der Waals surface area contributed by atoms with Gasteiger partial charge in [0.1, 0.15) is 0 Å². The van der Waals surface area contributed by atoms with E-state index >= 15 is 0 Å². The molecule has 0 saturated carbocycles. The van der Waals surface area contributed by atoms with Crippen molar-refractivity contribution >= 4 is 11.9 Å². The van der Waals surface area contributed by atoms with E-state index < -0.39 is 0 Å². The molecule has 0 N–H and O–H groups in total. The summed E-state index contributed by atoms with van der Waals surface area (Å²) in [4.78, 5) is 0. The minimum absolute atomic E-state index is 0. The molecule has 0 aromatic carbocycles. The molecule has 0 saturated heterocycles. The molecule has 0 aliphatic carbocycles. The number of rotatable bonds is 1. The van der Waals surface area contributed by atoms with Crippen molar-refractivity contribution < 1.29 is 58.2 Å². The molecule has 38 valence electrons. The first-order chi connectivity index (χ1) is 3.43. The Bertz CT molecular complexity index is 118. The van der Waals surface area contributed by atoms with Gasteiger partial charge in [-0.2, -0.15) is 0 Å². The Hall–Kier alpha value is 1.15. The molecule has 1 aliphatic rings. The van der Waals surface area contributed by atoms with Crippen LogP contribution in [0.25, 0.3) is 0 Å². The van der Waals surface area contributed by atoms with E-state index in [1.165, 1.54) is 0 Å². The smallest absolute Gasteiger partial charge is 0.375 e. The zero-order valence-electron chi connectivity index (χ0n) is 5.31. The molecule has 0 unspecified atom stereocenters. The molecular weight excluding hydrogens is 174 g/mol. The Kier molecular flexibility index (Phi) is 5.68. The first-order valence-electron chi connectivity index (χ1n) is 2.41. The number of hydrogen-bond acceptors (Lipinski definition) is 2. The van der Waals surface area contributed by atoms with Crippen molar-refractivity contribution in [2.24, 2.45) is 10.2 Å². The zero-order chi connectivity index (χ0) is 5.11. The predicted octanol–water partition coefficient (Wildman–Crippen LogP) is -1.89.